The predicted octanol–water partition coefficient (Wildman–Crippen LogP) is 0.788. The smallest absolute Gasteiger partial charge is 0.0642 e. The zero-order valence-electron chi connectivity index (χ0n) is 10.4. The number of ether oxygens (including phenoxy) is 2. The number of methoxy groups -OCH3 is 2. The lowest BCUT2D eigenvalue weighted by molar-refractivity contribution is 0.0862. The van der Waals surface area contributed by atoms with E-state index in [4.69, 9.17) is 14.6 Å². The van der Waals surface area contributed by atoms with Crippen LogP contribution in [0.5, 0.6) is 0 Å². The number of hydrogen-bond acceptors (Lipinski definition) is 4. The van der Waals surface area contributed by atoms with Crippen LogP contribution in [-0.4, -0.2) is 50.7 Å². The Labute approximate surface area is 93.0 Å². The summed E-state index contributed by atoms with van der Waals surface area (Å²) in [5, 5.41) is 12.5. The van der Waals surface area contributed by atoms with Crippen LogP contribution in [0.2, 0.25) is 0 Å². The number of aliphatic hydroxyl groups is 1. The Kier molecular flexibility index (Phi) is 7.96. The lowest BCUT2D eigenvalue weighted by atomic mass is 9.97. The third-order valence-corrected chi connectivity index (χ3v) is 2.48. The predicted molar refractivity (Wildman–Crippen MR) is 61.1 cm³/mol. The molecule has 0 spiro atoms. The number of nitrogens with one attached hydrogen (secondary N) is 1. The summed E-state index contributed by atoms with van der Waals surface area (Å²) in [5.41, 5.74) is -0.156. The van der Waals surface area contributed by atoms with Crippen molar-refractivity contribution in [1.82, 2.24) is 5.32 Å². The van der Waals surface area contributed by atoms with Gasteiger partial charge >= 0.3 is 0 Å². The van der Waals surface area contributed by atoms with E-state index in [-0.39, 0.29) is 12.1 Å². The summed E-state index contributed by atoms with van der Waals surface area (Å²) in [6.45, 7) is 5.70. The van der Waals surface area contributed by atoms with E-state index in [9.17, 15) is 0 Å². The van der Waals surface area contributed by atoms with E-state index in [0.29, 0.717) is 19.1 Å². The Morgan fingerprint density at radius 1 is 1.33 bits per heavy atom. The molecule has 0 bridgehead atoms. The molecule has 2 unspecified atom stereocenters. The van der Waals surface area contributed by atoms with Crippen molar-refractivity contribution in [2.24, 2.45) is 0 Å². The Morgan fingerprint density at radius 2 is 2.00 bits per heavy atom. The van der Waals surface area contributed by atoms with Crippen molar-refractivity contribution in [2.45, 2.75) is 38.3 Å². The maximum atomic E-state index is 9.00. The highest BCUT2D eigenvalue weighted by molar-refractivity contribution is 4.85. The molecule has 4 heteroatoms. The molecule has 15 heavy (non-hydrogen) atoms. The molecule has 0 saturated heterocycles. The average molecular weight is 219 g/mol. The van der Waals surface area contributed by atoms with Crippen LogP contribution in [0.1, 0.15) is 26.7 Å². The summed E-state index contributed by atoms with van der Waals surface area (Å²) in [5.74, 6) is 0. The molecule has 0 aromatic rings. The molecule has 0 aliphatic carbocycles. The van der Waals surface area contributed by atoms with Crippen LogP contribution >= 0.6 is 0 Å². The summed E-state index contributed by atoms with van der Waals surface area (Å²) in [6, 6.07) is 0.358. The maximum Gasteiger partial charge on any atom is 0.0642 e. The van der Waals surface area contributed by atoms with Gasteiger partial charge in [-0.1, -0.05) is 0 Å². The topological polar surface area (TPSA) is 50.7 Å². The molecule has 0 aliphatic heterocycles. The van der Waals surface area contributed by atoms with Crippen LogP contribution in [0, 0.1) is 0 Å². The molecule has 0 amide bonds. The first-order valence-corrected chi connectivity index (χ1v) is 5.44. The molecule has 2 N–H and O–H groups in total. The van der Waals surface area contributed by atoms with E-state index >= 15 is 0 Å². The fraction of sp³-hybridized carbons (Fsp3) is 1.00. The standard InChI is InChI=1S/C11H25NO3/c1-10(5-8-14-3)12-11(2,6-7-13)9-15-4/h10,12-13H,5-9H2,1-4H3. The fourth-order valence-corrected chi connectivity index (χ4v) is 1.71. The molecule has 4 nitrogen and oxygen atoms in total. The van der Waals surface area contributed by atoms with E-state index in [1.54, 1.807) is 14.2 Å². The van der Waals surface area contributed by atoms with Crippen molar-refractivity contribution < 1.29 is 14.6 Å². The van der Waals surface area contributed by atoms with Crippen molar-refractivity contribution in [1.29, 1.82) is 0 Å². The molecule has 0 aromatic heterocycles. The van der Waals surface area contributed by atoms with Gasteiger partial charge in [-0.15, -0.1) is 0 Å². The largest absolute Gasteiger partial charge is 0.396 e. The molecular formula is C11H25NO3. The quantitative estimate of drug-likeness (QED) is 0.602. The van der Waals surface area contributed by atoms with E-state index < -0.39 is 0 Å². The third-order valence-electron chi connectivity index (χ3n) is 2.48. The minimum Gasteiger partial charge on any atom is -0.396 e. The van der Waals surface area contributed by atoms with Crippen molar-refractivity contribution in [2.75, 3.05) is 34.0 Å². The molecule has 0 radical (unpaired) electrons. The van der Waals surface area contributed by atoms with Crippen LogP contribution in [0.3, 0.4) is 0 Å². The Morgan fingerprint density at radius 3 is 2.47 bits per heavy atom. The lowest BCUT2D eigenvalue weighted by Crippen LogP contribution is -2.51. The number of rotatable bonds is 9. The highest BCUT2D eigenvalue weighted by atomic mass is 16.5. The minimum atomic E-state index is -0.156. The molecule has 2 atom stereocenters. The van der Waals surface area contributed by atoms with Crippen LogP contribution in [-0.2, 0) is 9.47 Å². The van der Waals surface area contributed by atoms with Gasteiger partial charge in [-0.3, -0.25) is 0 Å². The second kappa shape index (κ2) is 8.05. The Bertz CT molecular complexity index is 147. The number of hydrogen-bond donors (Lipinski definition) is 2. The second-order valence-electron chi connectivity index (χ2n) is 4.29. The first-order chi connectivity index (χ1) is 7.08. The second-order valence-corrected chi connectivity index (χ2v) is 4.29. The van der Waals surface area contributed by atoms with Gasteiger partial charge in [0.1, 0.15) is 0 Å². The molecule has 0 aromatic carbocycles. The van der Waals surface area contributed by atoms with Gasteiger partial charge in [0, 0.05) is 39.0 Å². The van der Waals surface area contributed by atoms with Gasteiger partial charge in [0.25, 0.3) is 0 Å². The summed E-state index contributed by atoms with van der Waals surface area (Å²) in [6.07, 6.45) is 1.65. The Balaban J connectivity index is 4.02. The zero-order chi connectivity index (χ0) is 11.7. The highest BCUT2D eigenvalue weighted by Gasteiger charge is 2.24. The van der Waals surface area contributed by atoms with Crippen LogP contribution in [0.25, 0.3) is 0 Å². The first kappa shape index (κ1) is 14.8. The average Bonchev–Trinajstić information content (AvgIpc) is 2.15. The number of aliphatic hydroxyl groups excluding tert-OH is 1. The molecule has 0 heterocycles. The zero-order valence-corrected chi connectivity index (χ0v) is 10.4. The molecular weight excluding hydrogens is 194 g/mol. The summed E-state index contributed by atoms with van der Waals surface area (Å²) in [7, 11) is 3.38. The van der Waals surface area contributed by atoms with E-state index in [2.05, 4.69) is 19.2 Å². The summed E-state index contributed by atoms with van der Waals surface area (Å²) < 4.78 is 10.2. The van der Waals surface area contributed by atoms with Crippen LogP contribution in [0.15, 0.2) is 0 Å². The van der Waals surface area contributed by atoms with Gasteiger partial charge in [-0.2, -0.15) is 0 Å². The monoisotopic (exact) mass is 219 g/mol. The van der Waals surface area contributed by atoms with Crippen molar-refractivity contribution in [3.63, 3.8) is 0 Å². The molecule has 0 saturated carbocycles. The third kappa shape index (κ3) is 6.84. The van der Waals surface area contributed by atoms with Gasteiger partial charge in [0.15, 0.2) is 0 Å². The van der Waals surface area contributed by atoms with Gasteiger partial charge in [-0.05, 0) is 26.7 Å². The lowest BCUT2D eigenvalue weighted by Gasteiger charge is -2.33. The molecule has 0 rings (SSSR count). The van der Waals surface area contributed by atoms with Crippen molar-refractivity contribution in [3.8, 4) is 0 Å². The SMILES string of the molecule is COCCC(C)NC(C)(CCO)COC. The molecule has 92 valence electrons. The Hall–Kier alpha value is -0.160. The van der Waals surface area contributed by atoms with Crippen molar-refractivity contribution >= 4 is 0 Å². The van der Waals surface area contributed by atoms with Gasteiger partial charge < -0.3 is 19.9 Å². The summed E-state index contributed by atoms with van der Waals surface area (Å²) in [4.78, 5) is 0. The van der Waals surface area contributed by atoms with Crippen molar-refractivity contribution in [3.05, 3.63) is 0 Å². The van der Waals surface area contributed by atoms with Crippen LogP contribution in [0.4, 0.5) is 0 Å². The molecule has 0 aliphatic rings. The normalized spacial score (nSPS) is 17.4. The van der Waals surface area contributed by atoms with E-state index in [0.717, 1.165) is 13.0 Å². The van der Waals surface area contributed by atoms with Gasteiger partial charge in [0.05, 0.1) is 6.61 Å². The maximum absolute atomic E-state index is 9.00. The summed E-state index contributed by atoms with van der Waals surface area (Å²) >= 11 is 0. The molecule has 0 fully saturated rings. The first-order valence-electron chi connectivity index (χ1n) is 5.44. The fourth-order valence-electron chi connectivity index (χ4n) is 1.71. The van der Waals surface area contributed by atoms with E-state index in [1.807, 2.05) is 0 Å². The van der Waals surface area contributed by atoms with Crippen LogP contribution < -0.4 is 5.32 Å². The highest BCUT2D eigenvalue weighted by Crippen LogP contribution is 2.11. The van der Waals surface area contributed by atoms with Gasteiger partial charge in [0.2, 0.25) is 0 Å². The minimum absolute atomic E-state index is 0.156. The van der Waals surface area contributed by atoms with Gasteiger partial charge in [-0.25, -0.2) is 0 Å². The van der Waals surface area contributed by atoms with E-state index in [1.165, 1.54) is 0 Å².